The smallest absolute Gasteiger partial charge is 0.340 e. The summed E-state index contributed by atoms with van der Waals surface area (Å²) in [6, 6.07) is 3.67. The molecular formula is C15H14F2N4O3. The van der Waals surface area contributed by atoms with Gasteiger partial charge in [-0.3, -0.25) is 4.79 Å². The summed E-state index contributed by atoms with van der Waals surface area (Å²) in [5.74, 6) is -1.38. The minimum atomic E-state index is -2.80. The fraction of sp³-hybridized carbons (Fsp3) is 0.200. The zero-order valence-corrected chi connectivity index (χ0v) is 12.8. The molecule has 0 aliphatic heterocycles. The number of anilines is 2. The second kappa shape index (κ2) is 6.99. The summed E-state index contributed by atoms with van der Waals surface area (Å²) in [7, 11) is 1.18. The van der Waals surface area contributed by atoms with E-state index in [2.05, 4.69) is 20.0 Å². The minimum Gasteiger partial charge on any atom is -0.465 e. The average molecular weight is 336 g/mol. The Morgan fingerprint density at radius 1 is 1.33 bits per heavy atom. The van der Waals surface area contributed by atoms with E-state index < -0.39 is 24.0 Å². The lowest BCUT2D eigenvalue weighted by molar-refractivity contribution is 0.0601. The van der Waals surface area contributed by atoms with Crippen LogP contribution in [0.3, 0.4) is 0 Å². The van der Waals surface area contributed by atoms with Gasteiger partial charge in [-0.15, -0.1) is 0 Å². The summed E-state index contributed by atoms with van der Waals surface area (Å²) in [5.41, 5.74) is 5.30. The Balaban J connectivity index is 2.37. The van der Waals surface area contributed by atoms with E-state index in [1.807, 2.05) is 0 Å². The summed E-state index contributed by atoms with van der Waals surface area (Å²) in [6.07, 6.45) is -1.62. The lowest BCUT2D eigenvalue weighted by Crippen LogP contribution is -2.19. The van der Waals surface area contributed by atoms with Crippen molar-refractivity contribution in [1.29, 1.82) is 0 Å². The zero-order valence-electron chi connectivity index (χ0n) is 12.8. The number of nitrogens with one attached hydrogen (secondary N) is 1. The molecule has 7 nitrogen and oxygen atoms in total. The van der Waals surface area contributed by atoms with E-state index in [-0.39, 0.29) is 22.8 Å². The molecule has 2 aromatic rings. The number of nitrogen functional groups attached to an aromatic ring is 1. The Labute approximate surface area is 135 Å². The molecule has 0 fully saturated rings. The Morgan fingerprint density at radius 3 is 2.67 bits per heavy atom. The van der Waals surface area contributed by atoms with E-state index in [1.54, 1.807) is 6.92 Å². The van der Waals surface area contributed by atoms with Gasteiger partial charge in [0, 0.05) is 5.56 Å². The maximum absolute atomic E-state index is 12.7. The molecule has 126 valence electrons. The van der Waals surface area contributed by atoms with Crippen LogP contribution in [0.15, 0.2) is 24.4 Å². The van der Waals surface area contributed by atoms with Crippen LogP contribution >= 0.6 is 0 Å². The van der Waals surface area contributed by atoms with Gasteiger partial charge in [0.1, 0.15) is 17.2 Å². The van der Waals surface area contributed by atoms with Crippen LogP contribution in [0.2, 0.25) is 0 Å². The largest absolute Gasteiger partial charge is 0.465 e. The number of nitrogens with zero attached hydrogens (tertiary/aromatic N) is 2. The van der Waals surface area contributed by atoms with Crippen LogP contribution in [-0.4, -0.2) is 29.0 Å². The number of halogens is 2. The molecular weight excluding hydrogens is 322 g/mol. The molecule has 0 bridgehead atoms. The Bertz CT molecular complexity index is 796. The first kappa shape index (κ1) is 17.3. The molecule has 0 saturated heterocycles. The number of hydrogen-bond donors (Lipinski definition) is 2. The molecule has 0 aromatic carbocycles. The third kappa shape index (κ3) is 3.45. The van der Waals surface area contributed by atoms with Crippen molar-refractivity contribution in [1.82, 2.24) is 9.97 Å². The number of amides is 1. The summed E-state index contributed by atoms with van der Waals surface area (Å²) >= 11 is 0. The third-order valence-corrected chi connectivity index (χ3v) is 3.23. The molecule has 2 rings (SSSR count). The predicted octanol–water partition coefficient (Wildman–Crippen LogP) is 2.34. The van der Waals surface area contributed by atoms with E-state index in [1.165, 1.54) is 25.4 Å². The SMILES string of the molecule is COC(=O)c1c(NC(=O)c2cccc(C(F)F)n2)cnc(N)c1C. The minimum absolute atomic E-state index is 0.0309. The Morgan fingerprint density at radius 2 is 2.04 bits per heavy atom. The average Bonchev–Trinajstić information content (AvgIpc) is 2.57. The zero-order chi connectivity index (χ0) is 17.9. The summed E-state index contributed by atoms with van der Waals surface area (Å²) < 4.78 is 30.0. The van der Waals surface area contributed by atoms with Crippen molar-refractivity contribution in [3.63, 3.8) is 0 Å². The van der Waals surface area contributed by atoms with E-state index in [9.17, 15) is 18.4 Å². The first-order valence-corrected chi connectivity index (χ1v) is 6.75. The van der Waals surface area contributed by atoms with Crippen molar-refractivity contribution in [3.8, 4) is 0 Å². The molecule has 0 aliphatic carbocycles. The van der Waals surface area contributed by atoms with Crippen molar-refractivity contribution in [2.24, 2.45) is 0 Å². The Kier molecular flexibility index (Phi) is 5.02. The third-order valence-electron chi connectivity index (χ3n) is 3.23. The number of alkyl halides is 2. The van der Waals surface area contributed by atoms with Gasteiger partial charge in [-0.25, -0.2) is 23.5 Å². The number of esters is 1. The number of rotatable bonds is 4. The van der Waals surface area contributed by atoms with Crippen molar-refractivity contribution >= 4 is 23.4 Å². The molecule has 0 unspecified atom stereocenters. The van der Waals surface area contributed by atoms with Crippen LogP contribution in [0.25, 0.3) is 0 Å². The first-order valence-electron chi connectivity index (χ1n) is 6.75. The lowest BCUT2D eigenvalue weighted by atomic mass is 10.1. The molecule has 1 amide bonds. The summed E-state index contributed by atoms with van der Waals surface area (Å²) in [5, 5.41) is 2.41. The van der Waals surface area contributed by atoms with Gasteiger partial charge in [-0.1, -0.05) is 6.07 Å². The second-order valence-corrected chi connectivity index (χ2v) is 4.75. The van der Waals surface area contributed by atoms with E-state index in [0.717, 1.165) is 6.07 Å². The molecule has 0 saturated carbocycles. The van der Waals surface area contributed by atoms with Crippen molar-refractivity contribution in [2.75, 3.05) is 18.2 Å². The quantitative estimate of drug-likeness (QED) is 0.830. The van der Waals surface area contributed by atoms with E-state index in [0.29, 0.717) is 5.56 Å². The van der Waals surface area contributed by atoms with Crippen molar-refractivity contribution in [3.05, 3.63) is 46.9 Å². The molecule has 0 radical (unpaired) electrons. The van der Waals surface area contributed by atoms with Gasteiger partial charge in [0.05, 0.1) is 24.6 Å². The van der Waals surface area contributed by atoms with Gasteiger partial charge in [0.15, 0.2) is 0 Å². The molecule has 2 heterocycles. The normalized spacial score (nSPS) is 10.5. The lowest BCUT2D eigenvalue weighted by Gasteiger charge is -2.13. The highest BCUT2D eigenvalue weighted by Gasteiger charge is 2.21. The highest BCUT2D eigenvalue weighted by atomic mass is 19.3. The fourth-order valence-electron chi connectivity index (χ4n) is 1.97. The first-order chi connectivity index (χ1) is 11.3. The topological polar surface area (TPSA) is 107 Å². The van der Waals surface area contributed by atoms with Crippen LogP contribution < -0.4 is 11.1 Å². The monoisotopic (exact) mass is 336 g/mol. The van der Waals surface area contributed by atoms with Crippen LogP contribution in [0.5, 0.6) is 0 Å². The predicted molar refractivity (Wildman–Crippen MR) is 81.9 cm³/mol. The number of carbonyl (C=O) groups excluding carboxylic acids is 2. The van der Waals surface area contributed by atoms with Gasteiger partial charge in [0.25, 0.3) is 12.3 Å². The number of methoxy groups -OCH3 is 1. The van der Waals surface area contributed by atoms with Gasteiger partial charge >= 0.3 is 5.97 Å². The van der Waals surface area contributed by atoms with Crippen LogP contribution in [0.1, 0.15) is 38.5 Å². The number of carbonyl (C=O) groups is 2. The van der Waals surface area contributed by atoms with Crippen molar-refractivity contribution < 1.29 is 23.1 Å². The van der Waals surface area contributed by atoms with Gasteiger partial charge in [-0.05, 0) is 19.1 Å². The van der Waals surface area contributed by atoms with Crippen molar-refractivity contribution in [2.45, 2.75) is 13.3 Å². The number of nitrogens with two attached hydrogens (primary N) is 1. The number of hydrogen-bond acceptors (Lipinski definition) is 6. The number of aromatic nitrogens is 2. The van der Waals surface area contributed by atoms with Gasteiger partial charge < -0.3 is 15.8 Å². The van der Waals surface area contributed by atoms with E-state index in [4.69, 9.17) is 5.73 Å². The summed E-state index contributed by atoms with van der Waals surface area (Å²) in [6.45, 7) is 1.54. The second-order valence-electron chi connectivity index (χ2n) is 4.75. The van der Waals surface area contributed by atoms with E-state index >= 15 is 0 Å². The maximum Gasteiger partial charge on any atom is 0.340 e. The number of pyridine rings is 2. The fourth-order valence-corrected chi connectivity index (χ4v) is 1.97. The molecule has 3 N–H and O–H groups in total. The molecule has 2 aromatic heterocycles. The summed E-state index contributed by atoms with van der Waals surface area (Å²) in [4.78, 5) is 31.6. The van der Waals surface area contributed by atoms with Crippen LogP contribution in [0, 0.1) is 6.92 Å². The molecule has 0 atom stereocenters. The number of ether oxygens (including phenoxy) is 1. The highest BCUT2D eigenvalue weighted by molar-refractivity contribution is 6.07. The maximum atomic E-state index is 12.7. The van der Waals surface area contributed by atoms with Crippen LogP contribution in [0.4, 0.5) is 20.3 Å². The van der Waals surface area contributed by atoms with Gasteiger partial charge in [0.2, 0.25) is 0 Å². The van der Waals surface area contributed by atoms with Gasteiger partial charge in [-0.2, -0.15) is 0 Å². The Hall–Kier alpha value is -3.10. The van der Waals surface area contributed by atoms with Crippen LogP contribution in [-0.2, 0) is 4.74 Å². The molecule has 24 heavy (non-hydrogen) atoms. The highest BCUT2D eigenvalue weighted by Crippen LogP contribution is 2.24. The standard InChI is InChI=1S/C15H14F2N4O3/c1-7-11(15(23)24-2)10(6-19-13(7)18)21-14(22)9-5-3-4-8(20-9)12(16)17/h3-6,12H,1-2H3,(H2,18,19)(H,21,22). The molecule has 0 aliphatic rings. The molecule has 9 heteroatoms. The molecule has 0 spiro atoms.